The van der Waals surface area contributed by atoms with Crippen LogP contribution in [0.2, 0.25) is 0 Å². The molecule has 0 saturated carbocycles. The summed E-state index contributed by atoms with van der Waals surface area (Å²) >= 11 is 0. The summed E-state index contributed by atoms with van der Waals surface area (Å²) in [7, 11) is 0. The Balaban J connectivity index is 0.00000243. The van der Waals surface area contributed by atoms with Gasteiger partial charge in [0.05, 0.1) is 17.8 Å². The Morgan fingerprint density at radius 1 is 1.19 bits per heavy atom. The van der Waals surface area contributed by atoms with E-state index in [-0.39, 0.29) is 36.0 Å². The zero-order valence-electron chi connectivity index (χ0n) is 14.0. The number of aromatic nitrogens is 1. The fourth-order valence-electron chi connectivity index (χ4n) is 2.87. The molecular formula is C18H20ClFN4O2. The molecule has 1 atom stereocenters. The van der Waals surface area contributed by atoms with Crippen molar-refractivity contribution in [2.24, 2.45) is 5.92 Å². The number of nitrogens with one attached hydrogen (secondary N) is 1. The van der Waals surface area contributed by atoms with Crippen molar-refractivity contribution in [3.05, 3.63) is 54.0 Å². The number of carbonyl (C=O) groups is 2. The summed E-state index contributed by atoms with van der Waals surface area (Å²) in [6, 6.07) is 8.74. The molecule has 0 aliphatic carbocycles. The molecule has 8 heteroatoms. The smallest absolute Gasteiger partial charge is 0.253 e. The lowest BCUT2D eigenvalue weighted by Gasteiger charge is -2.32. The molecule has 6 nitrogen and oxygen atoms in total. The first-order valence-corrected chi connectivity index (χ1v) is 8.10. The van der Waals surface area contributed by atoms with E-state index in [1.54, 1.807) is 17.0 Å². The molecule has 26 heavy (non-hydrogen) atoms. The van der Waals surface area contributed by atoms with Gasteiger partial charge in [0.2, 0.25) is 5.91 Å². The van der Waals surface area contributed by atoms with Crippen molar-refractivity contribution in [2.75, 3.05) is 24.1 Å². The largest absolute Gasteiger partial charge is 0.384 e. The highest BCUT2D eigenvalue weighted by Gasteiger charge is 2.29. The van der Waals surface area contributed by atoms with E-state index in [1.165, 1.54) is 30.5 Å². The Morgan fingerprint density at radius 3 is 2.58 bits per heavy atom. The summed E-state index contributed by atoms with van der Waals surface area (Å²) in [5, 5.41) is 2.80. The van der Waals surface area contributed by atoms with E-state index in [0.717, 1.165) is 6.42 Å². The maximum atomic E-state index is 13.0. The fraction of sp³-hybridized carbons (Fsp3) is 0.278. The first kappa shape index (κ1) is 19.7. The van der Waals surface area contributed by atoms with Crippen molar-refractivity contribution in [1.29, 1.82) is 0 Å². The molecule has 1 aromatic heterocycles. The topological polar surface area (TPSA) is 88.3 Å². The average molecular weight is 379 g/mol. The van der Waals surface area contributed by atoms with Gasteiger partial charge in [0.25, 0.3) is 5.91 Å². The van der Waals surface area contributed by atoms with Crippen LogP contribution in [0.4, 0.5) is 15.9 Å². The monoisotopic (exact) mass is 378 g/mol. The van der Waals surface area contributed by atoms with Crippen molar-refractivity contribution in [1.82, 2.24) is 9.88 Å². The van der Waals surface area contributed by atoms with Gasteiger partial charge in [0.1, 0.15) is 11.6 Å². The van der Waals surface area contributed by atoms with E-state index in [9.17, 15) is 14.0 Å². The first-order chi connectivity index (χ1) is 12.0. The normalized spacial score (nSPS) is 16.5. The third-order valence-corrected chi connectivity index (χ3v) is 4.22. The number of pyridine rings is 1. The Bertz CT molecular complexity index is 768. The highest BCUT2D eigenvalue weighted by molar-refractivity contribution is 5.96. The number of halogens is 2. The molecule has 3 N–H and O–H groups in total. The minimum Gasteiger partial charge on any atom is -0.384 e. The van der Waals surface area contributed by atoms with Crippen LogP contribution in [0.5, 0.6) is 0 Å². The zero-order chi connectivity index (χ0) is 17.8. The van der Waals surface area contributed by atoms with E-state index >= 15 is 0 Å². The van der Waals surface area contributed by atoms with Crippen LogP contribution in [0.1, 0.15) is 23.2 Å². The SMILES string of the molecule is Cl.Nc1ccc(NC(=O)C2CCCN(C(=O)c3ccc(F)cc3)C2)cn1. The molecule has 1 fully saturated rings. The van der Waals surface area contributed by atoms with Crippen LogP contribution in [0.25, 0.3) is 0 Å². The molecule has 1 saturated heterocycles. The maximum absolute atomic E-state index is 13.0. The molecule has 0 bridgehead atoms. The summed E-state index contributed by atoms with van der Waals surface area (Å²) in [5.74, 6) is -0.637. The number of benzene rings is 1. The van der Waals surface area contributed by atoms with Crippen molar-refractivity contribution >= 4 is 35.7 Å². The summed E-state index contributed by atoms with van der Waals surface area (Å²) in [5.41, 5.74) is 6.52. The Kier molecular flexibility index (Phi) is 6.52. The summed E-state index contributed by atoms with van der Waals surface area (Å²) in [6.07, 6.45) is 2.95. The standard InChI is InChI=1S/C18H19FN4O2.ClH/c19-14-5-3-12(4-6-14)18(25)23-9-1-2-13(11-23)17(24)22-15-7-8-16(20)21-10-15;/h3-8,10,13H,1-2,9,11H2,(H2,20,21)(H,22,24);1H. The molecule has 2 aromatic rings. The number of hydrogen-bond acceptors (Lipinski definition) is 4. The number of anilines is 2. The minimum atomic E-state index is -0.385. The van der Waals surface area contributed by atoms with Crippen molar-refractivity contribution in [2.45, 2.75) is 12.8 Å². The molecule has 1 unspecified atom stereocenters. The highest BCUT2D eigenvalue weighted by Crippen LogP contribution is 2.21. The second-order valence-corrected chi connectivity index (χ2v) is 6.06. The van der Waals surface area contributed by atoms with Gasteiger partial charge in [-0.3, -0.25) is 9.59 Å². The van der Waals surface area contributed by atoms with E-state index in [1.807, 2.05) is 0 Å². The molecule has 1 aliphatic heterocycles. The predicted molar refractivity (Wildman–Crippen MR) is 99.6 cm³/mol. The predicted octanol–water partition coefficient (Wildman–Crippen LogP) is 2.72. The van der Waals surface area contributed by atoms with Crippen LogP contribution in [0, 0.1) is 11.7 Å². The molecule has 1 aliphatic rings. The van der Waals surface area contributed by atoms with Gasteiger partial charge in [-0.15, -0.1) is 12.4 Å². The van der Waals surface area contributed by atoms with E-state index in [2.05, 4.69) is 10.3 Å². The molecule has 0 radical (unpaired) electrons. The lowest BCUT2D eigenvalue weighted by atomic mass is 9.96. The zero-order valence-corrected chi connectivity index (χ0v) is 14.8. The molecule has 0 spiro atoms. The second kappa shape index (κ2) is 8.62. The Hall–Kier alpha value is -2.67. The van der Waals surface area contributed by atoms with Gasteiger partial charge in [-0.05, 0) is 49.2 Å². The van der Waals surface area contributed by atoms with Crippen molar-refractivity contribution in [3.63, 3.8) is 0 Å². The average Bonchev–Trinajstić information content (AvgIpc) is 2.64. The van der Waals surface area contributed by atoms with E-state index in [4.69, 9.17) is 5.73 Å². The molecule has 2 amide bonds. The summed E-state index contributed by atoms with van der Waals surface area (Å²) < 4.78 is 13.0. The lowest BCUT2D eigenvalue weighted by Crippen LogP contribution is -2.43. The van der Waals surface area contributed by atoms with Crippen LogP contribution in [-0.2, 0) is 4.79 Å². The van der Waals surface area contributed by atoms with Gasteiger partial charge in [-0.25, -0.2) is 9.37 Å². The van der Waals surface area contributed by atoms with Gasteiger partial charge in [-0.2, -0.15) is 0 Å². The molecular weight excluding hydrogens is 359 g/mol. The Labute approximate surface area is 157 Å². The molecule has 138 valence electrons. The quantitative estimate of drug-likeness (QED) is 0.859. The summed E-state index contributed by atoms with van der Waals surface area (Å²) in [6.45, 7) is 0.924. The number of carbonyl (C=O) groups excluding carboxylic acids is 2. The number of nitrogen functional groups attached to an aromatic ring is 1. The van der Waals surface area contributed by atoms with Crippen LogP contribution in [-0.4, -0.2) is 34.8 Å². The third-order valence-electron chi connectivity index (χ3n) is 4.22. The van der Waals surface area contributed by atoms with Gasteiger partial charge < -0.3 is 16.0 Å². The maximum Gasteiger partial charge on any atom is 0.253 e. The van der Waals surface area contributed by atoms with Gasteiger partial charge in [0, 0.05) is 18.7 Å². The molecule has 3 rings (SSSR count). The van der Waals surface area contributed by atoms with Gasteiger partial charge in [-0.1, -0.05) is 0 Å². The molecule has 1 aromatic carbocycles. The lowest BCUT2D eigenvalue weighted by molar-refractivity contribution is -0.121. The van der Waals surface area contributed by atoms with E-state index in [0.29, 0.717) is 36.6 Å². The van der Waals surface area contributed by atoms with Crippen LogP contribution < -0.4 is 11.1 Å². The van der Waals surface area contributed by atoms with Crippen molar-refractivity contribution < 1.29 is 14.0 Å². The Morgan fingerprint density at radius 2 is 1.92 bits per heavy atom. The number of hydrogen-bond donors (Lipinski definition) is 2. The van der Waals surface area contributed by atoms with Crippen LogP contribution >= 0.6 is 12.4 Å². The van der Waals surface area contributed by atoms with Gasteiger partial charge in [0.15, 0.2) is 0 Å². The fourth-order valence-corrected chi connectivity index (χ4v) is 2.87. The van der Waals surface area contributed by atoms with Crippen LogP contribution in [0.3, 0.4) is 0 Å². The number of nitrogens with zero attached hydrogens (tertiary/aromatic N) is 2. The van der Waals surface area contributed by atoms with Crippen LogP contribution in [0.15, 0.2) is 42.6 Å². The molecule has 2 heterocycles. The van der Waals surface area contributed by atoms with Crippen molar-refractivity contribution in [3.8, 4) is 0 Å². The second-order valence-electron chi connectivity index (χ2n) is 6.06. The number of nitrogens with two attached hydrogens (primary N) is 1. The summed E-state index contributed by atoms with van der Waals surface area (Å²) in [4.78, 5) is 30.5. The number of rotatable bonds is 3. The van der Waals surface area contributed by atoms with E-state index < -0.39 is 0 Å². The highest BCUT2D eigenvalue weighted by atomic mass is 35.5. The van der Waals surface area contributed by atoms with Gasteiger partial charge >= 0.3 is 0 Å². The third kappa shape index (κ3) is 4.70. The first-order valence-electron chi connectivity index (χ1n) is 8.10. The number of likely N-dealkylation sites (tertiary alicyclic amines) is 1. The number of piperidine rings is 1. The number of amides is 2. The minimum absolute atomic E-state index is 0.